The van der Waals surface area contributed by atoms with E-state index in [0.29, 0.717) is 31.2 Å². The minimum absolute atomic E-state index is 0.0258. The number of nitrogens with zero attached hydrogens (tertiary/aromatic N) is 1. The first kappa shape index (κ1) is 34.7. The molecule has 4 aliphatic rings. The molecule has 14 nitrogen and oxygen atoms in total. The Morgan fingerprint density at radius 3 is 2.60 bits per heavy atom. The van der Waals surface area contributed by atoms with Crippen LogP contribution in [-0.4, -0.2) is 65.3 Å². The van der Waals surface area contributed by atoms with Gasteiger partial charge < -0.3 is 28.9 Å². The number of ketones is 2. The van der Waals surface area contributed by atoms with Crippen molar-refractivity contribution in [2.45, 2.75) is 77.6 Å². The Hall–Kier alpha value is -4.59. The summed E-state index contributed by atoms with van der Waals surface area (Å²) in [5, 5.41) is 21.2. The summed E-state index contributed by atoms with van der Waals surface area (Å²) in [6.45, 7) is 2.73. The smallest absolute Gasteiger partial charge is 0.458 e. The highest BCUT2D eigenvalue weighted by Gasteiger charge is 2.67. The van der Waals surface area contributed by atoms with Crippen molar-refractivity contribution in [1.29, 1.82) is 0 Å². The Morgan fingerprint density at radius 1 is 1.08 bits per heavy atom. The van der Waals surface area contributed by atoms with Crippen LogP contribution in [0.1, 0.15) is 64.4 Å². The molecule has 1 aromatic carbocycles. The number of fused-ring (bicyclic) bond motifs is 5. The van der Waals surface area contributed by atoms with Crippen LogP contribution in [0.25, 0.3) is 0 Å². The molecule has 0 bridgehead atoms. The molecule has 48 heavy (non-hydrogen) atoms. The second-order valence-electron chi connectivity index (χ2n) is 12.9. The second kappa shape index (κ2) is 14.3. The van der Waals surface area contributed by atoms with Crippen LogP contribution < -0.4 is 4.74 Å². The monoisotopic (exact) mass is 669 g/mol. The molecule has 0 radical (unpaired) electrons. The number of hydrogen-bond donors (Lipinski definition) is 1. The Bertz CT molecular complexity index is 1530. The predicted octanol–water partition coefficient (Wildman–Crippen LogP) is 3.99. The van der Waals surface area contributed by atoms with Crippen molar-refractivity contribution in [3.05, 3.63) is 63.7 Å². The fourth-order valence-corrected chi connectivity index (χ4v) is 8.42. The minimum Gasteiger partial charge on any atom is -0.458 e. The summed E-state index contributed by atoms with van der Waals surface area (Å²) in [5.74, 6) is -2.76. The van der Waals surface area contributed by atoms with Crippen molar-refractivity contribution < 1.29 is 58.0 Å². The molecule has 5 rings (SSSR count). The van der Waals surface area contributed by atoms with Gasteiger partial charge in [0.1, 0.15) is 18.5 Å². The maximum atomic E-state index is 14.2. The second-order valence-corrected chi connectivity index (χ2v) is 12.9. The number of ether oxygens (including phenoxy) is 4. The van der Waals surface area contributed by atoms with E-state index in [1.807, 2.05) is 13.0 Å². The standard InChI is InChI=1S/C34H39NO13/c1-3-44-32(41)48-28-10-9-25-24-8-7-21-16-22(36)13-14-33(21,2)31(24)26(37)17-34(25,28)27(38)19-45-29(39)11-12-30(40)47-23-6-4-5-20(15-23)18-46-35(42)43/h4-6,13-16,24-26,28,31,37H,3,7-12,17-19H2,1-2H3/t24-,25?,26-,28+,31+,33-,34-/m0/s1. The van der Waals surface area contributed by atoms with Crippen LogP contribution in [0.4, 0.5) is 4.79 Å². The van der Waals surface area contributed by atoms with E-state index in [1.165, 1.54) is 24.3 Å². The largest absolute Gasteiger partial charge is 0.508 e. The number of allylic oxidation sites excluding steroid dienone is 4. The lowest BCUT2D eigenvalue weighted by Gasteiger charge is -2.58. The number of carbonyl (C=O) groups excluding carboxylic acids is 5. The van der Waals surface area contributed by atoms with Crippen LogP contribution in [0.2, 0.25) is 0 Å². The van der Waals surface area contributed by atoms with E-state index >= 15 is 0 Å². The highest BCUT2D eigenvalue weighted by Crippen LogP contribution is 2.65. The van der Waals surface area contributed by atoms with E-state index in [0.717, 1.165) is 5.57 Å². The number of aliphatic hydroxyl groups is 1. The van der Waals surface area contributed by atoms with Crippen molar-refractivity contribution in [2.75, 3.05) is 13.2 Å². The lowest BCUT2D eigenvalue weighted by molar-refractivity contribution is -0.763. The van der Waals surface area contributed by atoms with Gasteiger partial charge in [0.05, 0.1) is 31.0 Å². The summed E-state index contributed by atoms with van der Waals surface area (Å²) in [6, 6.07) is 5.93. The van der Waals surface area contributed by atoms with Gasteiger partial charge in [-0.25, -0.2) is 4.79 Å². The molecule has 14 heteroatoms. The molecule has 1 N–H and O–H groups in total. The van der Waals surface area contributed by atoms with E-state index in [1.54, 1.807) is 19.1 Å². The maximum absolute atomic E-state index is 14.2. The topological polar surface area (TPSA) is 195 Å². The molecule has 1 unspecified atom stereocenters. The van der Waals surface area contributed by atoms with Crippen LogP contribution in [-0.2, 0) is 44.8 Å². The molecule has 258 valence electrons. The predicted molar refractivity (Wildman–Crippen MR) is 163 cm³/mol. The third-order valence-electron chi connectivity index (χ3n) is 10.3. The third-order valence-corrected chi connectivity index (χ3v) is 10.3. The number of rotatable bonds is 12. The molecular formula is C34H39NO13. The van der Waals surface area contributed by atoms with E-state index in [4.69, 9.17) is 18.9 Å². The van der Waals surface area contributed by atoms with Gasteiger partial charge in [-0.1, -0.05) is 30.7 Å². The Morgan fingerprint density at radius 2 is 1.85 bits per heavy atom. The maximum Gasteiger partial charge on any atom is 0.508 e. The molecule has 3 saturated carbocycles. The van der Waals surface area contributed by atoms with Crippen LogP contribution in [0.5, 0.6) is 5.75 Å². The van der Waals surface area contributed by atoms with E-state index in [-0.39, 0.29) is 61.8 Å². The normalized spacial score (nSPS) is 30.1. The number of esters is 2. The fraction of sp³-hybridized carbons (Fsp3) is 0.559. The summed E-state index contributed by atoms with van der Waals surface area (Å²) in [6.07, 6.45) is 3.58. The molecule has 0 spiro atoms. The van der Waals surface area contributed by atoms with Crippen molar-refractivity contribution in [3.8, 4) is 5.75 Å². The van der Waals surface area contributed by atoms with E-state index in [9.17, 15) is 39.2 Å². The van der Waals surface area contributed by atoms with Gasteiger partial charge in [-0.15, -0.1) is 10.1 Å². The SMILES string of the molecule is CCOC(=O)O[C@@H]1CCC2[C@@H]3CCC4=CC(=O)C=C[C@]4(C)[C@H]3[C@@H](O)C[C@@]21C(=O)COC(=O)CCC(=O)Oc1cccc(CO[N+](=O)[O-])c1. The molecule has 0 heterocycles. The van der Waals surface area contributed by atoms with Crippen LogP contribution in [0, 0.1) is 38.7 Å². The van der Waals surface area contributed by atoms with Gasteiger partial charge >= 0.3 is 18.1 Å². The number of carbonyl (C=O) groups is 5. The van der Waals surface area contributed by atoms with Gasteiger partial charge in [-0.3, -0.25) is 19.2 Å². The molecule has 1 aromatic rings. The third kappa shape index (κ3) is 6.98. The van der Waals surface area contributed by atoms with E-state index in [2.05, 4.69) is 4.84 Å². The molecule has 0 aromatic heterocycles. The van der Waals surface area contributed by atoms with E-state index < -0.39 is 58.6 Å². The van der Waals surface area contributed by atoms with Gasteiger partial charge in [-0.2, -0.15) is 0 Å². The molecule has 7 atom stereocenters. The number of benzene rings is 1. The number of Topliss-reactive ketones (excluding diaryl/α,β-unsaturated/α-hetero) is 1. The highest BCUT2D eigenvalue weighted by atomic mass is 16.9. The average Bonchev–Trinajstić information content (AvgIpc) is 3.40. The first-order valence-electron chi connectivity index (χ1n) is 16.1. The van der Waals surface area contributed by atoms with Gasteiger partial charge in [0.2, 0.25) is 0 Å². The van der Waals surface area contributed by atoms with Gasteiger partial charge in [0, 0.05) is 11.3 Å². The summed E-state index contributed by atoms with van der Waals surface area (Å²) < 4.78 is 21.3. The summed E-state index contributed by atoms with van der Waals surface area (Å²) >= 11 is 0. The fourth-order valence-electron chi connectivity index (χ4n) is 8.42. The van der Waals surface area contributed by atoms with Gasteiger partial charge in [0.15, 0.2) is 18.2 Å². The first-order valence-corrected chi connectivity index (χ1v) is 16.1. The van der Waals surface area contributed by atoms with Gasteiger partial charge in [0.25, 0.3) is 5.09 Å². The minimum atomic E-state index is -1.33. The first-order chi connectivity index (χ1) is 22.9. The Labute approximate surface area is 276 Å². The lowest BCUT2D eigenvalue weighted by atomic mass is 9.46. The molecule has 0 saturated heterocycles. The number of aliphatic hydroxyl groups excluding tert-OH is 1. The van der Waals surface area contributed by atoms with Crippen LogP contribution in [0.15, 0.2) is 48.1 Å². The van der Waals surface area contributed by atoms with Crippen molar-refractivity contribution in [1.82, 2.24) is 0 Å². The summed E-state index contributed by atoms with van der Waals surface area (Å²) in [5.41, 5.74) is -0.553. The van der Waals surface area contributed by atoms with Crippen molar-refractivity contribution in [2.24, 2.45) is 28.6 Å². The van der Waals surface area contributed by atoms with Gasteiger partial charge in [-0.05, 0) is 80.7 Å². The van der Waals surface area contributed by atoms with Crippen LogP contribution >= 0.6 is 0 Å². The molecular weight excluding hydrogens is 630 g/mol. The zero-order valence-corrected chi connectivity index (χ0v) is 26.8. The Kier molecular flexibility index (Phi) is 10.3. The lowest BCUT2D eigenvalue weighted by Crippen LogP contribution is -2.61. The molecule has 4 aliphatic carbocycles. The molecule has 0 amide bonds. The summed E-state index contributed by atoms with van der Waals surface area (Å²) in [7, 11) is 0. The van der Waals surface area contributed by atoms with Crippen molar-refractivity contribution >= 4 is 29.7 Å². The highest BCUT2D eigenvalue weighted by molar-refractivity contribution is 6.01. The van der Waals surface area contributed by atoms with Crippen LogP contribution in [0.3, 0.4) is 0 Å². The van der Waals surface area contributed by atoms with Crippen molar-refractivity contribution in [3.63, 3.8) is 0 Å². The Balaban J connectivity index is 1.25. The zero-order valence-electron chi connectivity index (χ0n) is 26.8. The number of hydrogen-bond acceptors (Lipinski definition) is 13. The zero-order chi connectivity index (χ0) is 34.6. The quantitative estimate of drug-likeness (QED) is 0.145. The summed E-state index contributed by atoms with van der Waals surface area (Å²) in [4.78, 5) is 78.6. The molecule has 3 fully saturated rings. The molecule has 0 aliphatic heterocycles. The average molecular weight is 670 g/mol.